The minimum atomic E-state index is -0.152. The van der Waals surface area contributed by atoms with E-state index < -0.39 is 0 Å². The normalized spacial score (nSPS) is 12.9. The Hall–Kier alpha value is -6.19. The van der Waals surface area contributed by atoms with Crippen LogP contribution < -0.4 is 0 Å². The summed E-state index contributed by atoms with van der Waals surface area (Å²) in [4.78, 5) is 15.2. The molecular formula is C48H37N3. The molecule has 1 aliphatic carbocycles. The molecule has 2 aromatic heterocycles. The Morgan fingerprint density at radius 3 is 1.80 bits per heavy atom. The molecule has 9 rings (SSSR count). The van der Waals surface area contributed by atoms with E-state index in [0.29, 0.717) is 5.82 Å². The third-order valence-electron chi connectivity index (χ3n) is 10.4. The van der Waals surface area contributed by atoms with E-state index in [0.717, 1.165) is 56.2 Å². The lowest BCUT2D eigenvalue weighted by Crippen LogP contribution is -2.15. The average Bonchev–Trinajstić information content (AvgIpc) is 3.41. The first-order valence-electron chi connectivity index (χ1n) is 17.6. The zero-order valence-corrected chi connectivity index (χ0v) is 29.3. The maximum atomic E-state index is 5.26. The lowest BCUT2D eigenvalue weighted by atomic mass is 9.79. The Labute approximate surface area is 299 Å². The first kappa shape index (κ1) is 30.8. The van der Waals surface area contributed by atoms with E-state index >= 15 is 0 Å². The second kappa shape index (κ2) is 12.0. The highest BCUT2D eigenvalue weighted by Crippen LogP contribution is 2.55. The van der Waals surface area contributed by atoms with Crippen LogP contribution in [0.1, 0.15) is 36.4 Å². The number of nitrogens with zero attached hydrogens (tertiary/aromatic N) is 3. The number of pyridine rings is 1. The first-order valence-corrected chi connectivity index (χ1v) is 17.6. The second-order valence-corrected chi connectivity index (χ2v) is 14.1. The minimum Gasteiger partial charge on any atom is -0.258 e. The maximum absolute atomic E-state index is 5.26. The van der Waals surface area contributed by atoms with Crippen molar-refractivity contribution in [2.75, 3.05) is 0 Å². The second-order valence-electron chi connectivity index (χ2n) is 14.1. The van der Waals surface area contributed by atoms with Gasteiger partial charge in [-0.2, -0.15) is 0 Å². The largest absolute Gasteiger partial charge is 0.258 e. The summed E-state index contributed by atoms with van der Waals surface area (Å²) in [5, 5.41) is 2.55. The molecule has 51 heavy (non-hydrogen) atoms. The van der Waals surface area contributed by atoms with Gasteiger partial charge in [0.1, 0.15) is 0 Å². The van der Waals surface area contributed by atoms with Crippen molar-refractivity contribution in [2.45, 2.75) is 33.1 Å². The van der Waals surface area contributed by atoms with Crippen molar-refractivity contribution in [3.63, 3.8) is 0 Å². The Kier molecular flexibility index (Phi) is 7.25. The van der Waals surface area contributed by atoms with Crippen molar-refractivity contribution in [1.29, 1.82) is 0 Å². The number of benzene rings is 6. The molecule has 0 spiro atoms. The summed E-state index contributed by atoms with van der Waals surface area (Å²) >= 11 is 0. The fourth-order valence-corrected chi connectivity index (χ4v) is 8.03. The van der Waals surface area contributed by atoms with E-state index in [4.69, 9.17) is 15.0 Å². The fraction of sp³-hybridized carbons (Fsp3) is 0.104. The predicted octanol–water partition coefficient (Wildman–Crippen LogP) is 12.3. The lowest BCUT2D eigenvalue weighted by molar-refractivity contribution is 0.666. The highest BCUT2D eigenvalue weighted by atomic mass is 14.9. The summed E-state index contributed by atoms with van der Waals surface area (Å²) in [5.41, 5.74) is 16.7. The average molecular weight is 656 g/mol. The number of rotatable bonds is 5. The molecule has 244 valence electrons. The molecule has 8 aromatic rings. The van der Waals surface area contributed by atoms with Gasteiger partial charge in [0.25, 0.3) is 0 Å². The van der Waals surface area contributed by atoms with Gasteiger partial charge in [-0.15, -0.1) is 0 Å². The molecule has 0 unspecified atom stereocenters. The van der Waals surface area contributed by atoms with Crippen LogP contribution in [0.5, 0.6) is 0 Å². The summed E-state index contributed by atoms with van der Waals surface area (Å²) < 4.78 is 0. The van der Waals surface area contributed by atoms with Gasteiger partial charge in [0.05, 0.1) is 11.4 Å². The van der Waals surface area contributed by atoms with Gasteiger partial charge in [-0.3, -0.25) is 4.98 Å². The van der Waals surface area contributed by atoms with E-state index in [-0.39, 0.29) is 5.41 Å². The van der Waals surface area contributed by atoms with Gasteiger partial charge in [0, 0.05) is 39.1 Å². The van der Waals surface area contributed by atoms with Crippen molar-refractivity contribution in [3.05, 3.63) is 174 Å². The smallest absolute Gasteiger partial charge is 0.160 e. The van der Waals surface area contributed by atoms with Gasteiger partial charge >= 0.3 is 0 Å². The quantitative estimate of drug-likeness (QED) is 0.185. The van der Waals surface area contributed by atoms with Gasteiger partial charge in [0.2, 0.25) is 0 Å². The summed E-state index contributed by atoms with van der Waals surface area (Å²) in [6, 6.07) is 54.2. The van der Waals surface area contributed by atoms with Gasteiger partial charge in [-0.25, -0.2) is 9.97 Å². The summed E-state index contributed by atoms with van der Waals surface area (Å²) in [5.74, 6) is 0.703. The zero-order valence-electron chi connectivity index (χ0n) is 29.3. The number of hydrogen-bond acceptors (Lipinski definition) is 3. The van der Waals surface area contributed by atoms with Crippen molar-refractivity contribution in [2.24, 2.45) is 0 Å². The van der Waals surface area contributed by atoms with Crippen LogP contribution in [0.4, 0.5) is 0 Å². The van der Waals surface area contributed by atoms with Crippen molar-refractivity contribution in [1.82, 2.24) is 15.0 Å². The van der Waals surface area contributed by atoms with Crippen LogP contribution in [-0.4, -0.2) is 15.0 Å². The lowest BCUT2D eigenvalue weighted by Gasteiger charge is -2.24. The molecule has 0 N–H and O–H groups in total. The van der Waals surface area contributed by atoms with Crippen LogP contribution in [0, 0.1) is 13.8 Å². The Bertz CT molecular complexity index is 2560. The molecule has 0 saturated heterocycles. The molecule has 1 aliphatic rings. The summed E-state index contributed by atoms with van der Waals surface area (Å²) in [6.07, 6.45) is 0. The SMILES string of the molecule is Cc1ccc(-c2cc(-c3cc(-c4ccccc4)nc(-c4ccccc4)n3)cc(-c3cc4ccccc4c4c3-c3ccccc3C4(C)C)c2)c(C)n1. The number of aryl methyl sites for hydroxylation is 2. The molecule has 0 amide bonds. The van der Waals surface area contributed by atoms with Crippen LogP contribution in [0.25, 0.3) is 78.1 Å². The molecule has 0 radical (unpaired) electrons. The highest BCUT2D eigenvalue weighted by Gasteiger charge is 2.38. The summed E-state index contributed by atoms with van der Waals surface area (Å²) in [7, 11) is 0. The third kappa shape index (κ3) is 5.25. The topological polar surface area (TPSA) is 38.7 Å². The molecule has 0 atom stereocenters. The Morgan fingerprint density at radius 2 is 1.06 bits per heavy atom. The number of fused-ring (bicyclic) bond motifs is 5. The predicted molar refractivity (Wildman–Crippen MR) is 212 cm³/mol. The van der Waals surface area contributed by atoms with E-state index in [9.17, 15) is 0 Å². The highest BCUT2D eigenvalue weighted by molar-refractivity contribution is 6.05. The van der Waals surface area contributed by atoms with Crippen molar-refractivity contribution >= 4 is 10.8 Å². The van der Waals surface area contributed by atoms with Gasteiger partial charge in [-0.1, -0.05) is 129 Å². The van der Waals surface area contributed by atoms with E-state index in [1.807, 2.05) is 31.2 Å². The molecule has 3 heteroatoms. The third-order valence-corrected chi connectivity index (χ3v) is 10.4. The molecule has 2 heterocycles. The van der Waals surface area contributed by atoms with Gasteiger partial charge in [0.15, 0.2) is 5.82 Å². The zero-order chi connectivity index (χ0) is 34.7. The molecule has 0 aliphatic heterocycles. The molecule has 0 saturated carbocycles. The molecule has 0 fully saturated rings. The van der Waals surface area contributed by atoms with Gasteiger partial charge in [-0.05, 0) is 100.0 Å². The van der Waals surface area contributed by atoms with Gasteiger partial charge < -0.3 is 0 Å². The van der Waals surface area contributed by atoms with Crippen molar-refractivity contribution < 1.29 is 0 Å². The van der Waals surface area contributed by atoms with Crippen molar-refractivity contribution in [3.8, 4) is 67.3 Å². The molecule has 6 aromatic carbocycles. The number of hydrogen-bond donors (Lipinski definition) is 0. The molecule has 3 nitrogen and oxygen atoms in total. The standard InChI is InChI=1S/C48H37N3/c1-30-23-24-38(31(2)49-30)35-25-36(41-28-34-19-11-12-20-39(34)46-45(41)40-21-13-14-22-42(40)48(46,3)4)27-37(26-35)44-29-43(32-15-7-5-8-16-32)50-47(51-44)33-17-9-6-10-18-33/h5-29H,1-4H3. The molecular weight excluding hydrogens is 619 g/mol. The minimum absolute atomic E-state index is 0.152. The Balaban J connectivity index is 1.36. The van der Waals surface area contributed by atoms with E-state index in [2.05, 4.69) is 148 Å². The first-order chi connectivity index (χ1) is 24.8. The van der Waals surface area contributed by atoms with Crippen LogP contribution in [0.2, 0.25) is 0 Å². The Morgan fingerprint density at radius 1 is 0.451 bits per heavy atom. The van der Waals surface area contributed by atoms with Crippen LogP contribution in [0.15, 0.2) is 152 Å². The fourth-order valence-electron chi connectivity index (χ4n) is 8.03. The number of aromatic nitrogens is 3. The van der Waals surface area contributed by atoms with E-state index in [1.165, 1.54) is 38.6 Å². The summed E-state index contributed by atoms with van der Waals surface area (Å²) in [6.45, 7) is 8.89. The van der Waals surface area contributed by atoms with Crippen LogP contribution in [0.3, 0.4) is 0 Å². The monoisotopic (exact) mass is 655 g/mol. The van der Waals surface area contributed by atoms with E-state index in [1.54, 1.807) is 0 Å². The van der Waals surface area contributed by atoms with Crippen LogP contribution in [-0.2, 0) is 5.41 Å². The maximum Gasteiger partial charge on any atom is 0.160 e. The van der Waals surface area contributed by atoms with Crippen LogP contribution >= 0.6 is 0 Å². The molecule has 0 bridgehead atoms.